The summed E-state index contributed by atoms with van der Waals surface area (Å²) in [5, 5.41) is 26.5. The molecule has 694 valence electrons. The number of fused-ring (bicyclic) bond motifs is 17. The van der Waals surface area contributed by atoms with Gasteiger partial charge in [0.25, 0.3) is 0 Å². The molecule has 30 rings (SSSR count). The lowest BCUT2D eigenvalue weighted by atomic mass is 10.0. The zero-order valence-corrected chi connectivity index (χ0v) is 80.5. The van der Waals surface area contributed by atoms with E-state index in [1.54, 1.807) is 0 Å². The van der Waals surface area contributed by atoms with E-state index < -0.39 is 0 Å². The van der Waals surface area contributed by atoms with Crippen molar-refractivity contribution >= 4 is 152 Å². The van der Waals surface area contributed by atoms with Gasteiger partial charge in [0, 0.05) is 99.5 Å². The van der Waals surface area contributed by atoms with Gasteiger partial charge in [-0.15, -0.1) is 0 Å². The van der Waals surface area contributed by atoms with E-state index in [-0.39, 0.29) is 0 Å². The molecule has 0 spiro atoms. The largest absolute Gasteiger partial charge is 0.309 e. The van der Waals surface area contributed by atoms with Crippen molar-refractivity contribution in [1.82, 2.24) is 58.6 Å². The van der Waals surface area contributed by atoms with Gasteiger partial charge in [-0.1, -0.05) is 394 Å². The van der Waals surface area contributed by atoms with Crippen LogP contribution >= 0.6 is 0 Å². The van der Waals surface area contributed by atoms with E-state index in [0.29, 0.717) is 52.4 Å². The Kier molecular flexibility index (Phi) is 21.3. The number of para-hydroxylation sites is 3. The first-order valence-corrected chi connectivity index (χ1v) is 50.2. The summed E-state index contributed by atoms with van der Waals surface area (Å²) in [6, 6.07) is 184. The zero-order valence-electron chi connectivity index (χ0n) is 80.5. The molecule has 0 bridgehead atoms. The standard InChI is InChI=1S/C49H30N4.C47H30N4.C41H26N4/c1-3-11-33-25-39(20-17-31(33)9-1)47-50-48(40-21-18-32-10-2-4-12-34(32)26-40)52-49(51-47)41-22-19-38-28-42(24-23-37(38)27-41)53-45-16-8-7-15-43(45)44-29-35-13-5-6-14-36(35)30-46(44)53;1-3-12-31(13-4-1)33-18-11-19-38(26-33)46-48-45(32-14-5-2-6-15-32)49-47(50-46)39-23-22-37-28-40(25-24-36(37)27-39)51-43-21-10-9-20-41(43)42-29-34-16-7-8-17-35(34)30-44(42)51;1-3-11-28(12-4-1)39-42-40(29-13-5-2-6-14-29)44-41(43-39)32-20-19-27-21-22-34(24-33(27)23-32)45-37-18-10-9-17-35(37)36-25-30-15-7-8-16-31(30)26-38(36)45/h1-30H;1-30H;1-26H. The molecular weight excluding hydrogens is 1810 g/mol. The Labute approximate surface area is 856 Å². The highest BCUT2D eigenvalue weighted by molar-refractivity contribution is 6.17. The zero-order chi connectivity index (χ0) is 98.4. The van der Waals surface area contributed by atoms with Crippen LogP contribution in [0.25, 0.3) is 282 Å². The van der Waals surface area contributed by atoms with Gasteiger partial charge in [0.05, 0.1) is 33.1 Å². The van der Waals surface area contributed by atoms with Crippen LogP contribution in [0.2, 0.25) is 0 Å². The monoisotopic (exact) mass is 1900 g/mol. The molecule has 12 heteroatoms. The molecule has 0 saturated carbocycles. The Hall–Kier alpha value is -20.2. The van der Waals surface area contributed by atoms with Crippen LogP contribution in [0.5, 0.6) is 0 Å². The molecule has 0 aliphatic heterocycles. The van der Waals surface area contributed by atoms with E-state index >= 15 is 0 Å². The summed E-state index contributed by atoms with van der Waals surface area (Å²) in [5.74, 6) is 5.85. The first-order valence-electron chi connectivity index (χ1n) is 50.2. The lowest BCUT2D eigenvalue weighted by molar-refractivity contribution is 1.07. The molecule has 6 heterocycles. The van der Waals surface area contributed by atoms with Crippen molar-refractivity contribution in [3.8, 4) is 131 Å². The van der Waals surface area contributed by atoms with Gasteiger partial charge in [-0.3, -0.25) is 0 Å². The first kappa shape index (κ1) is 86.7. The van der Waals surface area contributed by atoms with Gasteiger partial charge < -0.3 is 13.7 Å². The molecule has 0 fully saturated rings. The van der Waals surface area contributed by atoms with E-state index in [1.807, 2.05) is 97.1 Å². The normalized spacial score (nSPS) is 11.6. The summed E-state index contributed by atoms with van der Waals surface area (Å²) in [6.07, 6.45) is 0. The third-order valence-electron chi connectivity index (χ3n) is 28.9. The highest BCUT2D eigenvalue weighted by Crippen LogP contribution is 2.44. The maximum Gasteiger partial charge on any atom is 0.164 e. The van der Waals surface area contributed by atoms with Gasteiger partial charge in [-0.25, -0.2) is 44.9 Å². The van der Waals surface area contributed by atoms with Crippen LogP contribution in [-0.4, -0.2) is 58.6 Å². The minimum atomic E-state index is 0.643. The van der Waals surface area contributed by atoms with Crippen molar-refractivity contribution in [2.24, 2.45) is 0 Å². The number of benzene rings is 24. The smallest absolute Gasteiger partial charge is 0.164 e. The van der Waals surface area contributed by atoms with Crippen LogP contribution in [0.15, 0.2) is 522 Å². The quantitative estimate of drug-likeness (QED) is 0.111. The Balaban J connectivity index is 0.000000108. The molecule has 0 saturated heterocycles. The Morgan fingerprint density at radius 3 is 0.631 bits per heavy atom. The highest BCUT2D eigenvalue weighted by Gasteiger charge is 2.24. The number of rotatable bonds is 13. The SMILES string of the molecule is c1ccc(-c2cccc(-c3nc(-c4ccccc4)nc(-c4ccc5cc(-n6c7ccccc7c7cc8ccccc8cc76)ccc5c4)n3)c2)cc1.c1ccc(-c2nc(-c3ccccc3)nc(-c3ccc4ccc(-n5c6ccccc6c6cc7ccccc7cc65)cc4c3)n2)cc1.c1ccc2cc(-c3nc(-c4ccc5ccccc5c4)nc(-c4ccc5cc(-n6c7ccccc7c7cc8ccccc8cc76)ccc5c4)n3)ccc2c1. The first-order chi connectivity index (χ1) is 73.7. The number of hydrogen-bond donors (Lipinski definition) is 0. The fraction of sp³-hybridized carbons (Fsp3) is 0. The van der Waals surface area contributed by atoms with E-state index in [0.717, 1.165) is 121 Å². The molecular formula is C137H86N12. The minimum Gasteiger partial charge on any atom is -0.309 e. The van der Waals surface area contributed by atoms with Gasteiger partial charge >= 0.3 is 0 Å². The molecule has 24 aromatic carbocycles. The lowest BCUT2D eigenvalue weighted by Crippen LogP contribution is -2.00. The molecule has 0 amide bonds. The van der Waals surface area contributed by atoms with Gasteiger partial charge in [-0.2, -0.15) is 0 Å². The van der Waals surface area contributed by atoms with Crippen molar-refractivity contribution in [2.45, 2.75) is 0 Å². The second-order valence-corrected chi connectivity index (χ2v) is 38.0. The maximum absolute atomic E-state index is 5.10. The maximum atomic E-state index is 5.10. The molecule has 6 aromatic heterocycles. The van der Waals surface area contributed by atoms with Gasteiger partial charge in [-0.05, 0) is 225 Å². The molecule has 12 nitrogen and oxygen atoms in total. The topological polar surface area (TPSA) is 131 Å². The summed E-state index contributed by atoms with van der Waals surface area (Å²) in [5.41, 5.74) is 21.4. The summed E-state index contributed by atoms with van der Waals surface area (Å²) in [6.45, 7) is 0. The Morgan fingerprint density at radius 2 is 0.302 bits per heavy atom. The van der Waals surface area contributed by atoms with Gasteiger partial charge in [0.15, 0.2) is 52.4 Å². The Morgan fingerprint density at radius 1 is 0.101 bits per heavy atom. The van der Waals surface area contributed by atoms with Crippen LogP contribution in [0.3, 0.4) is 0 Å². The van der Waals surface area contributed by atoms with Crippen LogP contribution in [0, 0.1) is 0 Å². The number of aromatic nitrogens is 12. The minimum absolute atomic E-state index is 0.643. The van der Waals surface area contributed by atoms with Crippen LogP contribution < -0.4 is 0 Å². The van der Waals surface area contributed by atoms with Crippen LogP contribution in [-0.2, 0) is 0 Å². The molecule has 0 N–H and O–H groups in total. The van der Waals surface area contributed by atoms with Crippen molar-refractivity contribution in [3.05, 3.63) is 522 Å². The predicted molar refractivity (Wildman–Crippen MR) is 617 cm³/mol. The average Bonchev–Trinajstić information content (AvgIpc) is 1.58. The van der Waals surface area contributed by atoms with Crippen molar-refractivity contribution in [1.29, 1.82) is 0 Å². The second-order valence-electron chi connectivity index (χ2n) is 38.0. The number of hydrogen-bond acceptors (Lipinski definition) is 9. The molecule has 0 radical (unpaired) electrons. The molecule has 30 aromatic rings. The number of nitrogens with zero attached hydrogens (tertiary/aromatic N) is 12. The molecule has 0 aliphatic rings. The summed E-state index contributed by atoms with van der Waals surface area (Å²) >= 11 is 0. The van der Waals surface area contributed by atoms with E-state index in [4.69, 9.17) is 44.9 Å². The van der Waals surface area contributed by atoms with Gasteiger partial charge in [0.2, 0.25) is 0 Å². The second kappa shape index (κ2) is 36.6. The highest BCUT2D eigenvalue weighted by atomic mass is 15.1. The summed E-state index contributed by atoms with van der Waals surface area (Å²) in [4.78, 5) is 45.1. The van der Waals surface area contributed by atoms with Crippen LogP contribution in [0.1, 0.15) is 0 Å². The third-order valence-corrected chi connectivity index (χ3v) is 28.9. The fourth-order valence-corrected chi connectivity index (χ4v) is 21.5. The summed E-state index contributed by atoms with van der Waals surface area (Å²) < 4.78 is 7.16. The fourth-order valence-electron chi connectivity index (χ4n) is 21.5. The average molecular weight is 1900 g/mol. The van der Waals surface area contributed by atoms with E-state index in [9.17, 15) is 0 Å². The summed E-state index contributed by atoms with van der Waals surface area (Å²) in [7, 11) is 0. The predicted octanol–water partition coefficient (Wildman–Crippen LogP) is 34.8. The molecule has 0 unspecified atom stereocenters. The Bertz CT molecular complexity index is 10400. The van der Waals surface area contributed by atoms with Crippen LogP contribution in [0.4, 0.5) is 0 Å². The van der Waals surface area contributed by atoms with Crippen molar-refractivity contribution < 1.29 is 0 Å². The molecule has 0 aliphatic carbocycles. The van der Waals surface area contributed by atoms with E-state index in [1.165, 1.54) is 109 Å². The van der Waals surface area contributed by atoms with Crippen molar-refractivity contribution in [2.75, 3.05) is 0 Å². The third kappa shape index (κ3) is 16.2. The van der Waals surface area contributed by atoms with E-state index in [2.05, 4.69) is 438 Å². The molecule has 149 heavy (non-hydrogen) atoms. The lowest BCUT2D eigenvalue weighted by Gasteiger charge is -2.12. The van der Waals surface area contributed by atoms with Crippen molar-refractivity contribution in [3.63, 3.8) is 0 Å². The molecule has 0 atom stereocenters. The van der Waals surface area contributed by atoms with Gasteiger partial charge in [0.1, 0.15) is 0 Å².